The zero-order valence-electron chi connectivity index (χ0n) is 13.6. The first-order valence-electron chi connectivity index (χ1n) is 7.02. The normalized spacial score (nSPS) is 12.0. The molecule has 0 aliphatic rings. The van der Waals surface area contributed by atoms with Gasteiger partial charge in [0.1, 0.15) is 18.7 Å². The minimum absolute atomic E-state index is 0. The Morgan fingerprint density at radius 3 is 2.52 bits per heavy atom. The quantitative estimate of drug-likeness (QED) is 0.281. The van der Waals surface area contributed by atoms with Crippen LogP contribution in [0.1, 0.15) is 33.5 Å². The molecule has 122 valence electrons. The molecule has 0 spiro atoms. The van der Waals surface area contributed by atoms with Crippen LogP contribution in [0.3, 0.4) is 0 Å². The van der Waals surface area contributed by atoms with Gasteiger partial charge in [-0.3, -0.25) is 4.68 Å². The summed E-state index contributed by atoms with van der Waals surface area (Å²) < 4.78 is 1.73. The Labute approximate surface area is 144 Å². The van der Waals surface area contributed by atoms with Gasteiger partial charge in [0, 0.05) is 32.2 Å². The van der Waals surface area contributed by atoms with Crippen molar-refractivity contribution in [3.05, 3.63) is 12.2 Å². The first-order chi connectivity index (χ1) is 9.42. The van der Waals surface area contributed by atoms with Gasteiger partial charge in [-0.1, -0.05) is 0 Å². The van der Waals surface area contributed by atoms with Gasteiger partial charge in [-0.25, -0.2) is 9.98 Å². The van der Waals surface area contributed by atoms with E-state index >= 15 is 0 Å². The van der Waals surface area contributed by atoms with Crippen molar-refractivity contribution in [2.75, 3.05) is 19.6 Å². The molecule has 0 amide bonds. The number of hydrogen-bond acceptors (Lipinski definition) is 4. The monoisotopic (exact) mass is 409 g/mol. The number of hydrogen-bond donors (Lipinski definition) is 3. The van der Waals surface area contributed by atoms with E-state index in [4.69, 9.17) is 0 Å². The fraction of sp³-hybridized carbons (Fsp3) is 0.769. The van der Waals surface area contributed by atoms with E-state index in [1.54, 1.807) is 11.0 Å². The molecule has 0 aliphatic heterocycles. The average Bonchev–Trinajstić information content (AvgIpc) is 2.76. The fourth-order valence-electron chi connectivity index (χ4n) is 1.57. The first-order valence-corrected chi connectivity index (χ1v) is 7.02. The second-order valence-corrected chi connectivity index (χ2v) is 5.60. The van der Waals surface area contributed by atoms with E-state index in [0.29, 0.717) is 6.54 Å². The molecule has 0 bridgehead atoms. The molecule has 0 saturated heterocycles. The summed E-state index contributed by atoms with van der Waals surface area (Å²) in [5.74, 6) is 1.64. The van der Waals surface area contributed by atoms with Crippen molar-refractivity contribution >= 4 is 29.9 Å². The standard InChI is InChI=1S/C13H27N7.HI/c1-6-14-12(15-7-8-18-13(2,3)4)16-9-11-17-10-19-20(11)5;/h10,18H,6-9H2,1-5H3,(H2,14,15,16);1H. The summed E-state index contributed by atoms with van der Waals surface area (Å²) in [6.45, 7) is 11.6. The Hall–Kier alpha value is -0.900. The largest absolute Gasteiger partial charge is 0.357 e. The number of aromatic nitrogens is 3. The van der Waals surface area contributed by atoms with Crippen LogP contribution in [0, 0.1) is 0 Å². The Morgan fingerprint density at radius 2 is 2.00 bits per heavy atom. The second-order valence-electron chi connectivity index (χ2n) is 5.60. The molecule has 0 unspecified atom stereocenters. The lowest BCUT2D eigenvalue weighted by Gasteiger charge is -2.21. The first kappa shape index (κ1) is 20.1. The molecule has 1 rings (SSSR count). The molecule has 3 N–H and O–H groups in total. The van der Waals surface area contributed by atoms with Crippen LogP contribution in [0.5, 0.6) is 0 Å². The Balaban J connectivity index is 0.00000400. The van der Waals surface area contributed by atoms with Gasteiger partial charge < -0.3 is 16.0 Å². The van der Waals surface area contributed by atoms with Crippen LogP contribution >= 0.6 is 24.0 Å². The molecule has 0 aromatic carbocycles. The van der Waals surface area contributed by atoms with Gasteiger partial charge in [0.15, 0.2) is 5.96 Å². The van der Waals surface area contributed by atoms with E-state index in [2.05, 4.69) is 51.8 Å². The summed E-state index contributed by atoms with van der Waals surface area (Å²) >= 11 is 0. The van der Waals surface area contributed by atoms with Crippen molar-refractivity contribution in [3.63, 3.8) is 0 Å². The SMILES string of the molecule is CCNC(=NCc1ncnn1C)NCCNC(C)(C)C.I. The number of nitrogens with zero attached hydrogens (tertiary/aromatic N) is 4. The molecule has 1 aromatic heterocycles. The Bertz CT molecular complexity index is 422. The molecule has 7 nitrogen and oxygen atoms in total. The van der Waals surface area contributed by atoms with Gasteiger partial charge >= 0.3 is 0 Å². The van der Waals surface area contributed by atoms with E-state index < -0.39 is 0 Å². The number of halogens is 1. The number of rotatable bonds is 6. The maximum absolute atomic E-state index is 4.49. The molecule has 0 aliphatic carbocycles. The third-order valence-electron chi connectivity index (χ3n) is 2.60. The maximum atomic E-state index is 4.49. The van der Waals surface area contributed by atoms with E-state index in [-0.39, 0.29) is 29.5 Å². The van der Waals surface area contributed by atoms with E-state index in [0.717, 1.165) is 31.4 Å². The fourth-order valence-corrected chi connectivity index (χ4v) is 1.57. The van der Waals surface area contributed by atoms with Crippen molar-refractivity contribution in [1.82, 2.24) is 30.7 Å². The lowest BCUT2D eigenvalue weighted by molar-refractivity contribution is 0.428. The van der Waals surface area contributed by atoms with Crippen molar-refractivity contribution in [1.29, 1.82) is 0 Å². The van der Waals surface area contributed by atoms with Gasteiger partial charge in [-0.15, -0.1) is 24.0 Å². The highest BCUT2D eigenvalue weighted by molar-refractivity contribution is 14.0. The van der Waals surface area contributed by atoms with Crippen molar-refractivity contribution in [2.24, 2.45) is 12.0 Å². The molecule has 1 heterocycles. The van der Waals surface area contributed by atoms with Gasteiger partial charge in [-0.2, -0.15) is 5.10 Å². The molecule has 21 heavy (non-hydrogen) atoms. The highest BCUT2D eigenvalue weighted by Crippen LogP contribution is 1.96. The second kappa shape index (κ2) is 9.93. The molecule has 0 fully saturated rings. The molecule has 1 aromatic rings. The minimum Gasteiger partial charge on any atom is -0.357 e. The molecule has 0 saturated carbocycles. The highest BCUT2D eigenvalue weighted by Gasteiger charge is 2.07. The predicted octanol–water partition coefficient (Wildman–Crippen LogP) is 0.876. The summed E-state index contributed by atoms with van der Waals surface area (Å²) in [4.78, 5) is 8.65. The van der Waals surface area contributed by atoms with Gasteiger partial charge in [0.2, 0.25) is 0 Å². The Morgan fingerprint density at radius 1 is 1.29 bits per heavy atom. The zero-order chi connectivity index (χ0) is 15.0. The molecule has 0 radical (unpaired) electrons. The number of guanidine groups is 1. The van der Waals surface area contributed by atoms with Crippen molar-refractivity contribution in [2.45, 2.75) is 39.8 Å². The van der Waals surface area contributed by atoms with Gasteiger partial charge in [0.25, 0.3) is 0 Å². The van der Waals surface area contributed by atoms with E-state index in [9.17, 15) is 0 Å². The maximum Gasteiger partial charge on any atom is 0.191 e. The van der Waals surface area contributed by atoms with Crippen LogP contribution in [0.4, 0.5) is 0 Å². The molecular weight excluding hydrogens is 381 g/mol. The molecule has 8 heteroatoms. The summed E-state index contributed by atoms with van der Waals surface area (Å²) in [5, 5.41) is 14.0. The number of aryl methyl sites for hydroxylation is 1. The highest BCUT2D eigenvalue weighted by atomic mass is 127. The predicted molar refractivity (Wildman–Crippen MR) is 97.0 cm³/mol. The smallest absolute Gasteiger partial charge is 0.191 e. The molecule has 0 atom stereocenters. The minimum atomic E-state index is 0. The number of aliphatic imine (C=N–C) groups is 1. The van der Waals surface area contributed by atoms with Crippen LogP contribution in [0.15, 0.2) is 11.3 Å². The summed E-state index contributed by atoms with van der Waals surface area (Å²) in [7, 11) is 1.87. The summed E-state index contributed by atoms with van der Waals surface area (Å²) in [5.41, 5.74) is 0.135. The van der Waals surface area contributed by atoms with Crippen LogP contribution < -0.4 is 16.0 Å². The number of nitrogens with one attached hydrogen (secondary N) is 3. The third kappa shape index (κ3) is 8.86. The van der Waals surface area contributed by atoms with Crippen LogP contribution in [0.25, 0.3) is 0 Å². The van der Waals surface area contributed by atoms with Crippen molar-refractivity contribution in [3.8, 4) is 0 Å². The van der Waals surface area contributed by atoms with Gasteiger partial charge in [0.05, 0.1) is 0 Å². The average molecular weight is 409 g/mol. The van der Waals surface area contributed by atoms with Crippen LogP contribution in [0.2, 0.25) is 0 Å². The summed E-state index contributed by atoms with van der Waals surface area (Å²) in [6, 6.07) is 0. The van der Waals surface area contributed by atoms with Gasteiger partial charge in [-0.05, 0) is 27.7 Å². The topological polar surface area (TPSA) is 79.2 Å². The van der Waals surface area contributed by atoms with E-state index in [1.165, 1.54) is 0 Å². The summed E-state index contributed by atoms with van der Waals surface area (Å²) in [6.07, 6.45) is 1.54. The van der Waals surface area contributed by atoms with E-state index in [1.807, 2.05) is 14.0 Å². The Kier molecular flexibility index (Phi) is 9.51. The zero-order valence-corrected chi connectivity index (χ0v) is 15.9. The van der Waals surface area contributed by atoms with Crippen LogP contribution in [-0.4, -0.2) is 45.9 Å². The lowest BCUT2D eigenvalue weighted by Crippen LogP contribution is -2.44. The lowest BCUT2D eigenvalue weighted by atomic mass is 10.1. The van der Waals surface area contributed by atoms with Crippen molar-refractivity contribution < 1.29 is 0 Å². The third-order valence-corrected chi connectivity index (χ3v) is 2.60. The van der Waals surface area contributed by atoms with Crippen LogP contribution in [-0.2, 0) is 13.6 Å². The molecular formula is C13H28IN7.